The molecule has 2 saturated carbocycles. The molecule has 1 N–H and O–H groups in total. The zero-order chi connectivity index (χ0) is 11.7. The zero-order valence-electron chi connectivity index (χ0n) is 10.9. The zero-order valence-corrected chi connectivity index (χ0v) is 11.7. The minimum atomic E-state index is 0.410. The fourth-order valence-corrected chi connectivity index (χ4v) is 4.65. The van der Waals surface area contributed by atoms with Crippen LogP contribution in [-0.4, -0.2) is 22.5 Å². The lowest BCUT2D eigenvalue weighted by Crippen LogP contribution is -2.53. The van der Waals surface area contributed by atoms with Gasteiger partial charge in [-0.15, -0.1) is 0 Å². The van der Waals surface area contributed by atoms with Crippen LogP contribution in [0.2, 0.25) is 0 Å². The first-order valence-electron chi connectivity index (χ1n) is 7.30. The van der Waals surface area contributed by atoms with Gasteiger partial charge in [0.2, 0.25) is 0 Å². The number of amidine groups is 1. The van der Waals surface area contributed by atoms with E-state index in [9.17, 15) is 0 Å². The molecule has 2 unspecified atom stereocenters. The van der Waals surface area contributed by atoms with Crippen LogP contribution in [0.5, 0.6) is 0 Å². The molecule has 0 spiro atoms. The molecule has 17 heavy (non-hydrogen) atoms. The van der Waals surface area contributed by atoms with E-state index in [1.807, 2.05) is 11.8 Å². The van der Waals surface area contributed by atoms with Gasteiger partial charge in [-0.05, 0) is 44.4 Å². The Balaban J connectivity index is 1.65. The molecule has 1 heterocycles. The first-order valence-corrected chi connectivity index (χ1v) is 8.29. The molecule has 3 aliphatic rings. The molecule has 3 heteroatoms. The lowest BCUT2D eigenvalue weighted by molar-refractivity contribution is 0.210. The van der Waals surface area contributed by atoms with Gasteiger partial charge in [-0.25, -0.2) is 0 Å². The highest BCUT2D eigenvalue weighted by molar-refractivity contribution is 8.13. The second-order valence-electron chi connectivity index (χ2n) is 5.97. The normalized spacial score (nSPS) is 35.5. The third-order valence-electron chi connectivity index (χ3n) is 4.95. The van der Waals surface area contributed by atoms with Crippen molar-refractivity contribution >= 4 is 16.9 Å². The first-order chi connectivity index (χ1) is 8.31. The van der Waals surface area contributed by atoms with Gasteiger partial charge in [0.25, 0.3) is 0 Å². The Bertz CT molecular complexity index is 304. The van der Waals surface area contributed by atoms with E-state index in [0.29, 0.717) is 11.6 Å². The minimum absolute atomic E-state index is 0.410. The van der Waals surface area contributed by atoms with E-state index >= 15 is 0 Å². The lowest BCUT2D eigenvalue weighted by atomic mass is 9.75. The van der Waals surface area contributed by atoms with Crippen LogP contribution >= 0.6 is 11.8 Å². The Kier molecular flexibility index (Phi) is 3.38. The average molecular weight is 252 g/mol. The van der Waals surface area contributed by atoms with Gasteiger partial charge in [0.1, 0.15) is 0 Å². The number of hydrogen-bond donors (Lipinski definition) is 1. The molecule has 1 aliphatic heterocycles. The number of thioether (sulfide) groups is 1. The van der Waals surface area contributed by atoms with Crippen molar-refractivity contribution in [2.75, 3.05) is 5.75 Å². The molecule has 0 aromatic carbocycles. The van der Waals surface area contributed by atoms with Gasteiger partial charge < -0.3 is 5.32 Å². The van der Waals surface area contributed by atoms with Gasteiger partial charge in [-0.2, -0.15) is 0 Å². The van der Waals surface area contributed by atoms with Crippen molar-refractivity contribution in [3.05, 3.63) is 0 Å². The van der Waals surface area contributed by atoms with Crippen LogP contribution in [0.4, 0.5) is 0 Å². The van der Waals surface area contributed by atoms with E-state index in [1.54, 1.807) is 0 Å². The average Bonchev–Trinajstić information content (AvgIpc) is 2.34. The van der Waals surface area contributed by atoms with E-state index in [0.717, 1.165) is 5.92 Å². The first kappa shape index (κ1) is 11.9. The summed E-state index contributed by atoms with van der Waals surface area (Å²) in [5.74, 6) is 2.18. The Morgan fingerprint density at radius 1 is 1.29 bits per heavy atom. The van der Waals surface area contributed by atoms with Gasteiger partial charge in [0.05, 0.1) is 6.04 Å². The number of rotatable bonds is 2. The lowest BCUT2D eigenvalue weighted by Gasteiger charge is -2.44. The van der Waals surface area contributed by atoms with Crippen LogP contribution in [0.25, 0.3) is 0 Å². The summed E-state index contributed by atoms with van der Waals surface area (Å²) in [6.07, 6.45) is 10.9. The summed E-state index contributed by atoms with van der Waals surface area (Å²) >= 11 is 1.98. The number of nitrogens with one attached hydrogen (secondary N) is 1. The van der Waals surface area contributed by atoms with Gasteiger partial charge in [-0.3, -0.25) is 4.99 Å². The Morgan fingerprint density at radius 3 is 2.82 bits per heavy atom. The highest BCUT2D eigenvalue weighted by atomic mass is 32.2. The van der Waals surface area contributed by atoms with Crippen molar-refractivity contribution in [1.82, 2.24) is 5.32 Å². The summed E-state index contributed by atoms with van der Waals surface area (Å²) in [7, 11) is 0. The molecule has 0 amide bonds. The van der Waals surface area contributed by atoms with Gasteiger partial charge in [0, 0.05) is 11.3 Å². The summed E-state index contributed by atoms with van der Waals surface area (Å²) in [5.41, 5.74) is 0.410. The summed E-state index contributed by atoms with van der Waals surface area (Å²) in [4.78, 5) is 4.99. The molecule has 2 fully saturated rings. The fourth-order valence-electron chi connectivity index (χ4n) is 3.39. The van der Waals surface area contributed by atoms with Crippen molar-refractivity contribution < 1.29 is 0 Å². The predicted octanol–water partition coefficient (Wildman–Crippen LogP) is 3.57. The van der Waals surface area contributed by atoms with Crippen LogP contribution in [0.1, 0.15) is 58.3 Å². The highest BCUT2D eigenvalue weighted by Crippen LogP contribution is 2.38. The molecule has 0 radical (unpaired) electrons. The Labute approximate surface area is 109 Å². The maximum absolute atomic E-state index is 4.99. The molecule has 2 aliphatic carbocycles. The van der Waals surface area contributed by atoms with Crippen LogP contribution in [0, 0.1) is 5.92 Å². The summed E-state index contributed by atoms with van der Waals surface area (Å²) in [6, 6.07) is 0.640. The Morgan fingerprint density at radius 2 is 2.12 bits per heavy atom. The molecule has 2 atom stereocenters. The second-order valence-corrected chi connectivity index (χ2v) is 6.98. The predicted molar refractivity (Wildman–Crippen MR) is 75.6 cm³/mol. The van der Waals surface area contributed by atoms with Gasteiger partial charge >= 0.3 is 0 Å². The Hall–Kier alpha value is -0.180. The van der Waals surface area contributed by atoms with Crippen molar-refractivity contribution in [1.29, 1.82) is 0 Å². The SMILES string of the molecule is CCC1(NC2=NC3CCCCC3CS2)CCC1. The number of fused-ring (bicyclic) bond motifs is 1. The number of hydrogen-bond acceptors (Lipinski definition) is 3. The van der Waals surface area contributed by atoms with Crippen LogP contribution in [0.3, 0.4) is 0 Å². The second kappa shape index (κ2) is 4.83. The van der Waals surface area contributed by atoms with Gasteiger partial charge in [-0.1, -0.05) is 31.5 Å². The molecule has 3 rings (SSSR count). The smallest absolute Gasteiger partial charge is 0.157 e. The maximum Gasteiger partial charge on any atom is 0.157 e. The molecule has 2 nitrogen and oxygen atoms in total. The molecule has 0 bridgehead atoms. The molecular formula is C14H24N2S. The summed E-state index contributed by atoms with van der Waals surface area (Å²) < 4.78 is 0. The van der Waals surface area contributed by atoms with Crippen LogP contribution in [0.15, 0.2) is 4.99 Å². The topological polar surface area (TPSA) is 24.4 Å². The van der Waals surface area contributed by atoms with E-state index in [4.69, 9.17) is 4.99 Å². The fraction of sp³-hybridized carbons (Fsp3) is 0.929. The molecule has 96 valence electrons. The number of aliphatic imine (C=N–C) groups is 1. The van der Waals surface area contributed by atoms with Crippen LogP contribution < -0.4 is 5.32 Å². The molecule has 0 aromatic rings. The third kappa shape index (κ3) is 2.35. The van der Waals surface area contributed by atoms with Gasteiger partial charge in [0.15, 0.2) is 5.17 Å². The largest absolute Gasteiger partial charge is 0.359 e. The molecule has 0 aromatic heterocycles. The standard InChI is InChI=1S/C14H24N2S/c1-2-14(8-5-9-14)16-13-15-12-7-4-3-6-11(12)10-17-13/h11-12H,2-10H2,1H3,(H,15,16). The van der Waals surface area contributed by atoms with E-state index in [2.05, 4.69) is 12.2 Å². The summed E-state index contributed by atoms with van der Waals surface area (Å²) in [6.45, 7) is 2.31. The quantitative estimate of drug-likeness (QED) is 0.812. The van der Waals surface area contributed by atoms with E-state index < -0.39 is 0 Å². The van der Waals surface area contributed by atoms with Crippen molar-refractivity contribution in [3.8, 4) is 0 Å². The molecule has 0 saturated heterocycles. The maximum atomic E-state index is 4.99. The highest BCUT2D eigenvalue weighted by Gasteiger charge is 2.37. The van der Waals surface area contributed by atoms with E-state index in [1.165, 1.54) is 62.3 Å². The third-order valence-corrected chi connectivity index (χ3v) is 6.02. The van der Waals surface area contributed by atoms with Crippen molar-refractivity contribution in [2.24, 2.45) is 10.9 Å². The summed E-state index contributed by atoms with van der Waals surface area (Å²) in [5, 5.41) is 5.02. The number of nitrogens with zero attached hydrogens (tertiary/aromatic N) is 1. The van der Waals surface area contributed by atoms with Crippen molar-refractivity contribution in [2.45, 2.75) is 69.9 Å². The van der Waals surface area contributed by atoms with Crippen LogP contribution in [-0.2, 0) is 0 Å². The monoisotopic (exact) mass is 252 g/mol. The van der Waals surface area contributed by atoms with Crippen molar-refractivity contribution in [3.63, 3.8) is 0 Å². The van der Waals surface area contributed by atoms with E-state index in [-0.39, 0.29) is 0 Å². The minimum Gasteiger partial charge on any atom is -0.359 e. The molecular weight excluding hydrogens is 228 g/mol.